The summed E-state index contributed by atoms with van der Waals surface area (Å²) in [6.07, 6.45) is 1.70. The molecule has 0 aliphatic heterocycles. The van der Waals surface area contributed by atoms with E-state index in [1.54, 1.807) is 13.1 Å². The Morgan fingerprint density at radius 1 is 1.16 bits per heavy atom. The topological polar surface area (TPSA) is 81.1 Å². The molecular formula is C11H16Cl2N6. The van der Waals surface area contributed by atoms with Crippen molar-refractivity contribution in [2.24, 2.45) is 5.10 Å². The number of nitrogens with two attached hydrogens (primary N) is 1. The third-order valence-corrected chi connectivity index (χ3v) is 2.32. The summed E-state index contributed by atoms with van der Waals surface area (Å²) in [5.74, 6) is 6.69. The van der Waals surface area contributed by atoms with Crippen LogP contribution in [0.5, 0.6) is 0 Å². The summed E-state index contributed by atoms with van der Waals surface area (Å²) in [7, 11) is 0. The lowest BCUT2D eigenvalue weighted by atomic mass is 10.2. The monoisotopic (exact) mass is 302 g/mol. The van der Waals surface area contributed by atoms with Gasteiger partial charge in [0.05, 0.1) is 6.21 Å². The molecule has 0 saturated carbocycles. The minimum atomic E-state index is 0. The maximum atomic E-state index is 5.66. The summed E-state index contributed by atoms with van der Waals surface area (Å²) in [4.78, 5) is 0. The Hall–Kier alpha value is -1.79. The lowest BCUT2D eigenvalue weighted by molar-refractivity contribution is 0.926. The Kier molecular flexibility index (Phi) is 6.89. The first-order valence-electron chi connectivity index (χ1n) is 5.19. The van der Waals surface area contributed by atoms with Crippen molar-refractivity contribution in [1.82, 2.24) is 14.9 Å². The van der Waals surface area contributed by atoms with Crippen LogP contribution < -0.4 is 11.3 Å². The van der Waals surface area contributed by atoms with Crippen LogP contribution in [0, 0.1) is 13.8 Å². The molecule has 1 aromatic heterocycles. The van der Waals surface area contributed by atoms with Gasteiger partial charge in [-0.15, -0.1) is 35.0 Å². The molecule has 0 aliphatic rings. The summed E-state index contributed by atoms with van der Waals surface area (Å²) >= 11 is 0. The number of halogens is 2. The van der Waals surface area contributed by atoms with E-state index < -0.39 is 0 Å². The van der Waals surface area contributed by atoms with Gasteiger partial charge in [0.15, 0.2) is 5.82 Å². The molecule has 0 bridgehead atoms. The molecule has 6 nitrogen and oxygen atoms in total. The van der Waals surface area contributed by atoms with E-state index >= 15 is 0 Å². The van der Waals surface area contributed by atoms with Gasteiger partial charge >= 0.3 is 0 Å². The van der Waals surface area contributed by atoms with Gasteiger partial charge in [-0.3, -0.25) is 0 Å². The Morgan fingerprint density at radius 3 is 2.32 bits per heavy atom. The van der Waals surface area contributed by atoms with E-state index in [1.165, 1.54) is 10.2 Å². The summed E-state index contributed by atoms with van der Waals surface area (Å²) in [6.45, 7) is 3.81. The molecule has 0 spiro atoms. The van der Waals surface area contributed by atoms with Crippen molar-refractivity contribution in [3.05, 3.63) is 41.2 Å². The second-order valence-corrected chi connectivity index (χ2v) is 3.72. The molecule has 0 aliphatic carbocycles. The molecule has 1 aromatic carbocycles. The van der Waals surface area contributed by atoms with Crippen LogP contribution in [0.4, 0.5) is 5.95 Å². The van der Waals surface area contributed by atoms with Crippen molar-refractivity contribution in [1.29, 1.82) is 0 Å². The molecule has 0 unspecified atom stereocenters. The van der Waals surface area contributed by atoms with Crippen LogP contribution in [0.1, 0.15) is 17.0 Å². The van der Waals surface area contributed by atoms with E-state index in [9.17, 15) is 0 Å². The number of nitrogens with one attached hydrogen (secondary N) is 1. The number of anilines is 1. The van der Waals surface area contributed by atoms with E-state index in [1.807, 2.05) is 31.2 Å². The van der Waals surface area contributed by atoms with E-state index in [4.69, 9.17) is 5.84 Å². The highest BCUT2D eigenvalue weighted by Gasteiger charge is 2.02. The highest BCUT2D eigenvalue weighted by atomic mass is 35.5. The van der Waals surface area contributed by atoms with Gasteiger partial charge in [0.2, 0.25) is 0 Å². The average Bonchev–Trinajstić information content (AvgIpc) is 2.64. The SMILES string of the molecule is Cc1ccc(/C=N/Nc2nnc(C)n2N)cc1.Cl.Cl. The molecule has 0 radical (unpaired) electrons. The first-order chi connectivity index (χ1) is 8.16. The molecule has 2 aromatic rings. The molecule has 3 N–H and O–H groups in total. The number of rotatable bonds is 3. The second kappa shape index (κ2) is 7.60. The lowest BCUT2D eigenvalue weighted by Gasteiger charge is -1.99. The minimum absolute atomic E-state index is 0. The predicted molar refractivity (Wildman–Crippen MR) is 81.8 cm³/mol. The zero-order chi connectivity index (χ0) is 12.3. The van der Waals surface area contributed by atoms with Gasteiger partial charge in [-0.05, 0) is 19.4 Å². The van der Waals surface area contributed by atoms with Crippen molar-refractivity contribution in [2.45, 2.75) is 13.8 Å². The molecule has 2 rings (SSSR count). The fourth-order valence-electron chi connectivity index (χ4n) is 1.26. The zero-order valence-corrected chi connectivity index (χ0v) is 12.2. The van der Waals surface area contributed by atoms with Crippen molar-refractivity contribution in [3.8, 4) is 0 Å². The van der Waals surface area contributed by atoms with E-state index in [0.717, 1.165) is 5.56 Å². The van der Waals surface area contributed by atoms with E-state index in [2.05, 4.69) is 20.7 Å². The Labute approximate surface area is 123 Å². The largest absolute Gasteiger partial charge is 0.335 e. The van der Waals surface area contributed by atoms with Gasteiger partial charge in [-0.2, -0.15) is 5.10 Å². The summed E-state index contributed by atoms with van der Waals surface area (Å²) < 4.78 is 1.34. The molecule has 104 valence electrons. The van der Waals surface area contributed by atoms with Crippen LogP contribution in [-0.2, 0) is 0 Å². The molecule has 0 fully saturated rings. The number of nitrogens with zero attached hydrogens (tertiary/aromatic N) is 4. The summed E-state index contributed by atoms with van der Waals surface area (Å²) in [5.41, 5.74) is 4.95. The van der Waals surface area contributed by atoms with Crippen LogP contribution in [0.15, 0.2) is 29.4 Å². The Balaban J connectivity index is 0.00000162. The van der Waals surface area contributed by atoms with E-state index in [-0.39, 0.29) is 24.8 Å². The number of benzene rings is 1. The molecule has 19 heavy (non-hydrogen) atoms. The number of hydrogen-bond acceptors (Lipinski definition) is 5. The minimum Gasteiger partial charge on any atom is -0.335 e. The van der Waals surface area contributed by atoms with Crippen molar-refractivity contribution < 1.29 is 0 Å². The smallest absolute Gasteiger partial charge is 0.263 e. The Bertz CT molecular complexity index is 535. The zero-order valence-electron chi connectivity index (χ0n) is 10.6. The number of nitrogen functional groups attached to an aromatic ring is 1. The van der Waals surface area contributed by atoms with Gasteiger partial charge in [-0.25, -0.2) is 10.1 Å². The first-order valence-corrected chi connectivity index (χ1v) is 5.19. The normalized spacial score (nSPS) is 9.79. The maximum absolute atomic E-state index is 5.66. The second-order valence-electron chi connectivity index (χ2n) is 3.72. The van der Waals surface area contributed by atoms with Crippen LogP contribution in [0.3, 0.4) is 0 Å². The number of aromatic nitrogens is 3. The molecule has 1 heterocycles. The Morgan fingerprint density at radius 2 is 1.79 bits per heavy atom. The van der Waals surface area contributed by atoms with Crippen LogP contribution in [0.25, 0.3) is 0 Å². The van der Waals surface area contributed by atoms with Crippen molar-refractivity contribution in [2.75, 3.05) is 11.3 Å². The average molecular weight is 303 g/mol. The van der Waals surface area contributed by atoms with Crippen LogP contribution >= 0.6 is 24.8 Å². The van der Waals surface area contributed by atoms with Crippen molar-refractivity contribution in [3.63, 3.8) is 0 Å². The third-order valence-electron chi connectivity index (χ3n) is 2.32. The van der Waals surface area contributed by atoms with Crippen LogP contribution in [0.2, 0.25) is 0 Å². The van der Waals surface area contributed by atoms with Gasteiger partial charge in [0, 0.05) is 0 Å². The van der Waals surface area contributed by atoms with Crippen molar-refractivity contribution >= 4 is 37.0 Å². The third kappa shape index (κ3) is 4.42. The highest BCUT2D eigenvalue weighted by molar-refractivity contribution is 5.85. The molecule has 0 atom stereocenters. The maximum Gasteiger partial charge on any atom is 0.263 e. The quantitative estimate of drug-likeness (QED) is 0.515. The highest BCUT2D eigenvalue weighted by Crippen LogP contribution is 2.02. The number of hydrazone groups is 1. The lowest BCUT2D eigenvalue weighted by Crippen LogP contribution is -2.13. The van der Waals surface area contributed by atoms with Gasteiger partial charge < -0.3 is 5.84 Å². The predicted octanol–water partition coefficient (Wildman–Crippen LogP) is 1.90. The van der Waals surface area contributed by atoms with Gasteiger partial charge in [0.1, 0.15) is 0 Å². The fraction of sp³-hybridized carbons (Fsp3) is 0.182. The summed E-state index contributed by atoms with van der Waals surface area (Å²) in [5, 5.41) is 11.7. The standard InChI is InChI=1S/C11H14N6.2ClH/c1-8-3-5-10(6-4-8)7-13-15-11-16-14-9(2)17(11)12;;/h3-7H,12H2,1-2H3,(H,15,16);2*1H/b13-7+;;. The van der Waals surface area contributed by atoms with E-state index in [0.29, 0.717) is 11.8 Å². The van der Waals surface area contributed by atoms with Crippen LogP contribution in [-0.4, -0.2) is 21.1 Å². The first kappa shape index (κ1) is 17.2. The molecular weight excluding hydrogens is 287 g/mol. The summed E-state index contributed by atoms with van der Waals surface area (Å²) in [6, 6.07) is 8.02. The van der Waals surface area contributed by atoms with Gasteiger partial charge in [0.25, 0.3) is 5.95 Å². The molecule has 0 amide bonds. The van der Waals surface area contributed by atoms with Gasteiger partial charge in [-0.1, -0.05) is 29.8 Å². The molecule has 0 saturated heterocycles. The number of hydrogen-bond donors (Lipinski definition) is 2. The number of aryl methyl sites for hydroxylation is 2. The fourth-order valence-corrected chi connectivity index (χ4v) is 1.26. The molecule has 8 heteroatoms.